The molecule has 0 aliphatic carbocycles. The summed E-state index contributed by atoms with van der Waals surface area (Å²) in [7, 11) is 0. The Hall–Kier alpha value is -1.15. The average molecular weight is 234 g/mol. The van der Waals surface area contributed by atoms with Crippen molar-refractivity contribution in [1.82, 2.24) is 5.32 Å². The molecule has 4 heteroatoms. The number of hydrogen-bond donors (Lipinski definition) is 1. The van der Waals surface area contributed by atoms with Crippen LogP contribution in [0, 0.1) is 11.3 Å². The van der Waals surface area contributed by atoms with Crippen molar-refractivity contribution in [2.45, 2.75) is 12.6 Å². The normalized spacial score (nSPS) is 12.2. The first kappa shape index (κ1) is 10.4. The maximum atomic E-state index is 9.02. The molecule has 0 spiro atoms. The molecule has 2 nitrogen and oxygen atoms in total. The van der Waals surface area contributed by atoms with Gasteiger partial charge in [-0.2, -0.15) is 5.26 Å². The van der Waals surface area contributed by atoms with Crippen molar-refractivity contribution < 1.29 is 0 Å². The maximum absolute atomic E-state index is 9.02. The Morgan fingerprint density at radius 1 is 1.27 bits per heavy atom. The van der Waals surface area contributed by atoms with Crippen molar-refractivity contribution in [2.24, 2.45) is 0 Å². The summed E-state index contributed by atoms with van der Waals surface area (Å²) in [5.74, 6) is 0. The number of thiophene rings is 2. The van der Waals surface area contributed by atoms with Crippen molar-refractivity contribution in [2.75, 3.05) is 0 Å². The predicted molar refractivity (Wildman–Crippen MR) is 63.8 cm³/mol. The van der Waals surface area contributed by atoms with E-state index in [1.54, 1.807) is 22.7 Å². The summed E-state index contributed by atoms with van der Waals surface area (Å²) in [6, 6.07) is 10.1. The van der Waals surface area contributed by atoms with Crippen molar-refractivity contribution in [3.8, 4) is 6.07 Å². The fourth-order valence-corrected chi connectivity index (χ4v) is 2.68. The highest BCUT2D eigenvalue weighted by Crippen LogP contribution is 2.19. The lowest BCUT2D eigenvalue weighted by Gasteiger charge is -2.07. The molecule has 0 aliphatic rings. The summed E-state index contributed by atoms with van der Waals surface area (Å²) in [4.78, 5) is 2.33. The van der Waals surface area contributed by atoms with Crippen LogP contribution in [0.2, 0.25) is 0 Å². The quantitative estimate of drug-likeness (QED) is 0.882. The van der Waals surface area contributed by atoms with E-state index in [1.165, 1.54) is 4.88 Å². The van der Waals surface area contributed by atoms with E-state index in [9.17, 15) is 0 Å². The van der Waals surface area contributed by atoms with Crippen molar-refractivity contribution in [1.29, 1.82) is 5.26 Å². The van der Waals surface area contributed by atoms with Gasteiger partial charge in [-0.1, -0.05) is 12.1 Å². The third-order valence-corrected chi connectivity index (χ3v) is 3.83. The SMILES string of the molecule is N#CC(NCc1cccs1)c1cccs1. The molecule has 0 radical (unpaired) electrons. The van der Waals surface area contributed by atoms with Crippen molar-refractivity contribution >= 4 is 22.7 Å². The van der Waals surface area contributed by atoms with E-state index < -0.39 is 0 Å². The van der Waals surface area contributed by atoms with Crippen LogP contribution in [-0.2, 0) is 6.54 Å². The average Bonchev–Trinajstić information content (AvgIpc) is 2.90. The molecule has 76 valence electrons. The molecule has 0 saturated heterocycles. The minimum Gasteiger partial charge on any atom is -0.293 e. The van der Waals surface area contributed by atoms with Gasteiger partial charge < -0.3 is 0 Å². The molecule has 2 aromatic rings. The van der Waals surface area contributed by atoms with Gasteiger partial charge in [0.2, 0.25) is 0 Å². The molecule has 2 aromatic heterocycles. The second kappa shape index (κ2) is 5.08. The van der Waals surface area contributed by atoms with Gasteiger partial charge in [0.15, 0.2) is 0 Å². The molecule has 0 bridgehead atoms. The van der Waals surface area contributed by atoms with E-state index in [4.69, 9.17) is 5.26 Å². The minimum atomic E-state index is -0.188. The Balaban J connectivity index is 1.96. The van der Waals surface area contributed by atoms with E-state index in [0.29, 0.717) is 0 Å². The summed E-state index contributed by atoms with van der Waals surface area (Å²) in [5.41, 5.74) is 0. The topological polar surface area (TPSA) is 35.8 Å². The second-order valence-electron chi connectivity index (χ2n) is 3.04. The Kier molecular flexibility index (Phi) is 3.51. The van der Waals surface area contributed by atoms with Crippen LogP contribution in [0.1, 0.15) is 15.8 Å². The summed E-state index contributed by atoms with van der Waals surface area (Å²) < 4.78 is 0. The van der Waals surface area contributed by atoms with Gasteiger partial charge in [0.05, 0.1) is 6.07 Å². The third-order valence-electron chi connectivity index (χ3n) is 2.02. The smallest absolute Gasteiger partial charge is 0.130 e. The fraction of sp³-hybridized carbons (Fsp3) is 0.182. The molecule has 0 aliphatic heterocycles. The van der Waals surface area contributed by atoms with Gasteiger partial charge in [-0.3, -0.25) is 5.32 Å². The Labute approximate surface area is 96.8 Å². The highest BCUT2D eigenvalue weighted by molar-refractivity contribution is 7.10. The second-order valence-corrected chi connectivity index (χ2v) is 5.05. The monoisotopic (exact) mass is 234 g/mol. The van der Waals surface area contributed by atoms with Crippen LogP contribution in [0.15, 0.2) is 35.0 Å². The minimum absolute atomic E-state index is 0.188. The fourth-order valence-electron chi connectivity index (χ4n) is 1.28. The van der Waals surface area contributed by atoms with E-state index >= 15 is 0 Å². The lowest BCUT2D eigenvalue weighted by Crippen LogP contribution is -2.17. The first-order chi connectivity index (χ1) is 7.40. The lowest BCUT2D eigenvalue weighted by atomic mass is 10.2. The molecule has 1 N–H and O–H groups in total. The standard InChI is InChI=1S/C11H10N2S2/c12-7-10(11-4-2-6-15-11)13-8-9-3-1-5-14-9/h1-6,10,13H,8H2. The predicted octanol–water partition coefficient (Wildman–Crippen LogP) is 3.16. The van der Waals surface area contributed by atoms with E-state index in [1.807, 2.05) is 29.0 Å². The lowest BCUT2D eigenvalue weighted by molar-refractivity contribution is 0.644. The zero-order valence-electron chi connectivity index (χ0n) is 8.01. The van der Waals surface area contributed by atoms with E-state index in [0.717, 1.165) is 11.4 Å². The highest BCUT2D eigenvalue weighted by Gasteiger charge is 2.10. The largest absolute Gasteiger partial charge is 0.293 e. The molecule has 1 unspecified atom stereocenters. The van der Waals surface area contributed by atoms with Crippen LogP contribution in [-0.4, -0.2) is 0 Å². The van der Waals surface area contributed by atoms with Crippen LogP contribution in [0.25, 0.3) is 0 Å². The van der Waals surface area contributed by atoms with Crippen LogP contribution < -0.4 is 5.32 Å². The Bertz CT molecular complexity index is 426. The molecule has 0 aromatic carbocycles. The third kappa shape index (κ3) is 2.66. The molecule has 15 heavy (non-hydrogen) atoms. The number of hydrogen-bond acceptors (Lipinski definition) is 4. The van der Waals surface area contributed by atoms with Crippen molar-refractivity contribution in [3.63, 3.8) is 0 Å². The summed E-state index contributed by atoms with van der Waals surface area (Å²) in [6.07, 6.45) is 0. The number of rotatable bonds is 4. The Morgan fingerprint density at radius 3 is 2.67 bits per heavy atom. The molecular formula is C11H10N2S2. The molecule has 0 fully saturated rings. The molecule has 0 amide bonds. The van der Waals surface area contributed by atoms with Crippen LogP contribution in [0.4, 0.5) is 0 Å². The van der Waals surface area contributed by atoms with Gasteiger partial charge in [-0.15, -0.1) is 22.7 Å². The molecule has 0 saturated carbocycles. The number of nitrogens with one attached hydrogen (secondary N) is 1. The molecule has 1 atom stereocenters. The molecular weight excluding hydrogens is 224 g/mol. The Morgan fingerprint density at radius 2 is 2.07 bits per heavy atom. The number of nitrogens with zero attached hydrogens (tertiary/aromatic N) is 1. The van der Waals surface area contributed by atoms with E-state index in [-0.39, 0.29) is 6.04 Å². The highest BCUT2D eigenvalue weighted by atomic mass is 32.1. The zero-order chi connectivity index (χ0) is 10.5. The van der Waals surface area contributed by atoms with E-state index in [2.05, 4.69) is 17.5 Å². The maximum Gasteiger partial charge on any atom is 0.130 e. The van der Waals surface area contributed by atoms with Gasteiger partial charge in [-0.25, -0.2) is 0 Å². The van der Waals surface area contributed by atoms with Gasteiger partial charge in [0, 0.05) is 16.3 Å². The van der Waals surface area contributed by atoms with Gasteiger partial charge >= 0.3 is 0 Å². The summed E-state index contributed by atoms with van der Waals surface area (Å²) in [5, 5.41) is 16.3. The summed E-state index contributed by atoms with van der Waals surface area (Å²) in [6.45, 7) is 0.758. The van der Waals surface area contributed by atoms with Crippen LogP contribution >= 0.6 is 22.7 Å². The number of nitriles is 1. The van der Waals surface area contributed by atoms with Gasteiger partial charge in [-0.05, 0) is 22.9 Å². The van der Waals surface area contributed by atoms with Crippen LogP contribution in [0.3, 0.4) is 0 Å². The zero-order valence-corrected chi connectivity index (χ0v) is 9.65. The summed E-state index contributed by atoms with van der Waals surface area (Å²) >= 11 is 3.32. The first-order valence-electron chi connectivity index (χ1n) is 4.59. The van der Waals surface area contributed by atoms with Crippen LogP contribution in [0.5, 0.6) is 0 Å². The van der Waals surface area contributed by atoms with Gasteiger partial charge in [0.1, 0.15) is 6.04 Å². The molecule has 2 heterocycles. The van der Waals surface area contributed by atoms with Crippen molar-refractivity contribution in [3.05, 3.63) is 44.8 Å². The molecule has 2 rings (SSSR count). The first-order valence-corrected chi connectivity index (χ1v) is 6.35. The van der Waals surface area contributed by atoms with Gasteiger partial charge in [0.25, 0.3) is 0 Å².